The van der Waals surface area contributed by atoms with Crippen LogP contribution in [0.15, 0.2) is 17.0 Å². The average molecular weight is 207 g/mol. The van der Waals surface area contributed by atoms with E-state index in [2.05, 4.69) is 32.9 Å². The fourth-order valence-corrected chi connectivity index (χ4v) is 3.10. The van der Waals surface area contributed by atoms with E-state index in [1.165, 1.54) is 21.6 Å². The maximum atomic E-state index is 6.20. The summed E-state index contributed by atoms with van der Waals surface area (Å²) >= 11 is 1.94. The van der Waals surface area contributed by atoms with Gasteiger partial charge in [-0.2, -0.15) is 0 Å². The Kier molecular flexibility index (Phi) is 2.58. The zero-order chi connectivity index (χ0) is 10.3. The lowest BCUT2D eigenvalue weighted by molar-refractivity contribution is 0.507. The number of thioether (sulfide) groups is 1. The van der Waals surface area contributed by atoms with Crippen molar-refractivity contribution in [2.45, 2.75) is 31.7 Å². The lowest BCUT2D eigenvalue weighted by atomic mass is 9.93. The molecule has 2 unspecified atom stereocenters. The van der Waals surface area contributed by atoms with Crippen LogP contribution >= 0.6 is 11.8 Å². The van der Waals surface area contributed by atoms with Crippen molar-refractivity contribution in [3.8, 4) is 0 Å². The van der Waals surface area contributed by atoms with E-state index in [1.807, 2.05) is 11.8 Å². The molecule has 14 heavy (non-hydrogen) atoms. The van der Waals surface area contributed by atoms with Crippen LogP contribution in [0.3, 0.4) is 0 Å². The van der Waals surface area contributed by atoms with Crippen LogP contribution in [0, 0.1) is 19.8 Å². The predicted octanol–water partition coefficient (Wildman–Crippen LogP) is 3.05. The van der Waals surface area contributed by atoms with Gasteiger partial charge >= 0.3 is 0 Å². The van der Waals surface area contributed by atoms with E-state index in [0.29, 0.717) is 5.92 Å². The lowest BCUT2D eigenvalue weighted by Gasteiger charge is -2.28. The van der Waals surface area contributed by atoms with Gasteiger partial charge < -0.3 is 5.73 Å². The van der Waals surface area contributed by atoms with Crippen LogP contribution in [0.4, 0.5) is 0 Å². The summed E-state index contributed by atoms with van der Waals surface area (Å²) in [5.74, 6) is 1.74. The zero-order valence-electron chi connectivity index (χ0n) is 9.00. The number of benzene rings is 1. The first-order valence-corrected chi connectivity index (χ1v) is 6.07. The molecule has 0 aromatic heterocycles. The van der Waals surface area contributed by atoms with Crippen LogP contribution in [0.2, 0.25) is 0 Å². The minimum atomic E-state index is 0.227. The quantitative estimate of drug-likeness (QED) is 0.707. The van der Waals surface area contributed by atoms with E-state index in [9.17, 15) is 0 Å². The number of hydrogen-bond acceptors (Lipinski definition) is 2. The third kappa shape index (κ3) is 1.57. The van der Waals surface area contributed by atoms with Gasteiger partial charge in [-0.25, -0.2) is 0 Å². The van der Waals surface area contributed by atoms with Crippen LogP contribution in [0.25, 0.3) is 0 Å². The third-order valence-electron chi connectivity index (χ3n) is 3.10. The van der Waals surface area contributed by atoms with E-state index in [-0.39, 0.29) is 6.04 Å². The summed E-state index contributed by atoms with van der Waals surface area (Å²) in [5, 5.41) is 0. The predicted molar refractivity (Wildman–Crippen MR) is 62.7 cm³/mol. The third-order valence-corrected chi connectivity index (χ3v) is 4.46. The highest BCUT2D eigenvalue weighted by Gasteiger charge is 2.24. The molecule has 0 fully saturated rings. The highest BCUT2D eigenvalue weighted by atomic mass is 32.2. The molecule has 2 heteroatoms. The van der Waals surface area contributed by atoms with Gasteiger partial charge in [0, 0.05) is 16.7 Å². The molecule has 1 aromatic rings. The Morgan fingerprint density at radius 2 is 1.93 bits per heavy atom. The Morgan fingerprint density at radius 3 is 2.64 bits per heavy atom. The van der Waals surface area contributed by atoms with Crippen LogP contribution in [-0.4, -0.2) is 5.75 Å². The Morgan fingerprint density at radius 1 is 1.29 bits per heavy atom. The summed E-state index contributed by atoms with van der Waals surface area (Å²) in [6.07, 6.45) is 0. The van der Waals surface area contributed by atoms with Crippen LogP contribution in [-0.2, 0) is 0 Å². The monoisotopic (exact) mass is 207 g/mol. The fourth-order valence-electron chi connectivity index (χ4n) is 1.83. The molecular weight excluding hydrogens is 190 g/mol. The first-order chi connectivity index (χ1) is 6.59. The van der Waals surface area contributed by atoms with Crippen LogP contribution in [0.1, 0.15) is 29.7 Å². The molecule has 0 aliphatic carbocycles. The fraction of sp³-hybridized carbons (Fsp3) is 0.500. The van der Waals surface area contributed by atoms with Gasteiger partial charge in [-0.05, 0) is 42.5 Å². The molecule has 0 amide bonds. The van der Waals surface area contributed by atoms with E-state index >= 15 is 0 Å². The molecule has 0 radical (unpaired) electrons. The number of hydrogen-bond donors (Lipinski definition) is 1. The number of rotatable bonds is 0. The normalized spacial score (nSPS) is 26.0. The number of nitrogens with two attached hydrogens (primary N) is 1. The summed E-state index contributed by atoms with van der Waals surface area (Å²) in [7, 11) is 0. The van der Waals surface area contributed by atoms with Crippen molar-refractivity contribution < 1.29 is 0 Å². The van der Waals surface area contributed by atoms with Gasteiger partial charge in [-0.3, -0.25) is 0 Å². The molecule has 1 heterocycles. The molecule has 2 N–H and O–H groups in total. The van der Waals surface area contributed by atoms with Gasteiger partial charge in [0.25, 0.3) is 0 Å². The summed E-state index contributed by atoms with van der Waals surface area (Å²) < 4.78 is 0. The largest absolute Gasteiger partial charge is 0.324 e. The molecule has 0 saturated heterocycles. The summed E-state index contributed by atoms with van der Waals surface area (Å²) in [5.41, 5.74) is 10.3. The second-order valence-electron chi connectivity index (χ2n) is 4.29. The van der Waals surface area contributed by atoms with Gasteiger partial charge in [-0.15, -0.1) is 11.8 Å². The van der Waals surface area contributed by atoms with Crippen LogP contribution in [0.5, 0.6) is 0 Å². The van der Waals surface area contributed by atoms with E-state index in [1.54, 1.807) is 0 Å². The molecule has 1 aliphatic heterocycles. The molecule has 1 aromatic carbocycles. The first kappa shape index (κ1) is 10.1. The van der Waals surface area contributed by atoms with Gasteiger partial charge in [-0.1, -0.05) is 13.0 Å². The first-order valence-electron chi connectivity index (χ1n) is 5.09. The Labute approximate surface area is 90.1 Å². The van der Waals surface area contributed by atoms with Gasteiger partial charge in [0.2, 0.25) is 0 Å². The summed E-state index contributed by atoms with van der Waals surface area (Å²) in [6, 6.07) is 4.77. The summed E-state index contributed by atoms with van der Waals surface area (Å²) in [6.45, 7) is 6.56. The van der Waals surface area contributed by atoms with E-state index in [4.69, 9.17) is 5.73 Å². The average Bonchev–Trinajstić information content (AvgIpc) is 2.15. The van der Waals surface area contributed by atoms with Crippen molar-refractivity contribution in [3.05, 3.63) is 28.8 Å². The molecule has 0 spiro atoms. The van der Waals surface area contributed by atoms with Crippen molar-refractivity contribution >= 4 is 11.8 Å². The molecule has 2 atom stereocenters. The van der Waals surface area contributed by atoms with E-state index in [0.717, 1.165) is 5.75 Å². The standard InChI is InChI=1S/C12H17NS/c1-7-4-10-11(5-8(7)2)14-6-9(3)12(10)13/h4-5,9,12H,6,13H2,1-3H3. The highest BCUT2D eigenvalue weighted by molar-refractivity contribution is 7.99. The van der Waals surface area contributed by atoms with Gasteiger partial charge in [0.05, 0.1) is 0 Å². The molecule has 1 nitrogen and oxygen atoms in total. The molecule has 76 valence electrons. The maximum Gasteiger partial charge on any atom is 0.0340 e. The number of aryl methyl sites for hydroxylation is 2. The maximum absolute atomic E-state index is 6.20. The Hall–Kier alpha value is -0.470. The Balaban J connectivity index is 2.50. The van der Waals surface area contributed by atoms with Gasteiger partial charge in [0.15, 0.2) is 0 Å². The van der Waals surface area contributed by atoms with Crippen LogP contribution < -0.4 is 5.73 Å². The molecule has 0 saturated carbocycles. The SMILES string of the molecule is Cc1cc2c(cc1C)C(N)C(C)CS2. The molecular formula is C12H17NS. The van der Waals surface area contributed by atoms with Crippen molar-refractivity contribution in [2.24, 2.45) is 11.7 Å². The van der Waals surface area contributed by atoms with Crippen molar-refractivity contribution in [3.63, 3.8) is 0 Å². The van der Waals surface area contributed by atoms with Crippen molar-refractivity contribution in [1.29, 1.82) is 0 Å². The molecule has 1 aliphatic rings. The number of fused-ring (bicyclic) bond motifs is 1. The minimum Gasteiger partial charge on any atom is -0.324 e. The van der Waals surface area contributed by atoms with Crippen molar-refractivity contribution in [1.82, 2.24) is 0 Å². The van der Waals surface area contributed by atoms with Gasteiger partial charge in [0.1, 0.15) is 0 Å². The minimum absolute atomic E-state index is 0.227. The van der Waals surface area contributed by atoms with E-state index < -0.39 is 0 Å². The molecule has 2 rings (SSSR count). The topological polar surface area (TPSA) is 26.0 Å². The second-order valence-corrected chi connectivity index (χ2v) is 5.35. The second kappa shape index (κ2) is 3.59. The Bertz CT molecular complexity index is 360. The smallest absolute Gasteiger partial charge is 0.0340 e. The molecule has 0 bridgehead atoms. The van der Waals surface area contributed by atoms with Crippen molar-refractivity contribution in [2.75, 3.05) is 5.75 Å². The highest BCUT2D eigenvalue weighted by Crippen LogP contribution is 2.39. The lowest BCUT2D eigenvalue weighted by Crippen LogP contribution is -2.25. The summed E-state index contributed by atoms with van der Waals surface area (Å²) in [4.78, 5) is 1.39. The zero-order valence-corrected chi connectivity index (χ0v) is 9.82.